The molecule has 0 saturated carbocycles. The number of hydrogen-bond donors (Lipinski definition) is 5. The summed E-state index contributed by atoms with van der Waals surface area (Å²) in [5.41, 5.74) is 12.3. The van der Waals surface area contributed by atoms with Crippen molar-refractivity contribution in [3.63, 3.8) is 0 Å². The van der Waals surface area contributed by atoms with Gasteiger partial charge in [0.25, 0.3) is 5.91 Å². The average molecular weight is 361 g/mol. The number of rotatable bonds is 7. The summed E-state index contributed by atoms with van der Waals surface area (Å²) in [6.07, 6.45) is 3.78. The molecule has 0 spiro atoms. The van der Waals surface area contributed by atoms with Crippen LogP contribution < -0.4 is 16.6 Å². The number of aromatic nitrogens is 2. The largest absolute Gasteiger partial charge is 0.478 e. The number of benzene rings is 1. The number of nitrogens with zero attached hydrogens (tertiary/aromatic N) is 1. The monoisotopic (exact) mass is 361 g/mol. The molecule has 0 aliphatic heterocycles. The standard InChI is InChI=1S/C13H15N5O3.C3H4O2/c14-11(5-10-6-15-7-16-10)12(19)18-17-9-3-1-8(2-4-9)13(20)21;1-3(5)2-4/h1-4,6-7,11,17H,5,14H2,(H,15,16)(H,18,19)(H,20,21);2H,1H3/t11-;/m0./s1. The lowest BCUT2D eigenvalue weighted by Crippen LogP contribution is -2.44. The van der Waals surface area contributed by atoms with Gasteiger partial charge in [-0.05, 0) is 24.3 Å². The van der Waals surface area contributed by atoms with E-state index in [0.29, 0.717) is 17.8 Å². The lowest BCUT2D eigenvalue weighted by molar-refractivity contribution is -0.128. The van der Waals surface area contributed by atoms with Gasteiger partial charge in [0.1, 0.15) is 0 Å². The van der Waals surface area contributed by atoms with Crippen LogP contribution in [0.4, 0.5) is 5.69 Å². The summed E-state index contributed by atoms with van der Waals surface area (Å²) >= 11 is 0. The van der Waals surface area contributed by atoms with Crippen molar-refractivity contribution in [3.05, 3.63) is 48.0 Å². The maximum absolute atomic E-state index is 11.8. The zero-order chi connectivity index (χ0) is 19.5. The molecule has 0 aliphatic carbocycles. The fraction of sp³-hybridized carbons (Fsp3) is 0.188. The topological polar surface area (TPSA) is 167 Å². The van der Waals surface area contributed by atoms with Gasteiger partial charge in [0.05, 0.1) is 29.3 Å². The van der Waals surface area contributed by atoms with Gasteiger partial charge in [-0.15, -0.1) is 0 Å². The van der Waals surface area contributed by atoms with Crippen molar-refractivity contribution in [3.8, 4) is 0 Å². The number of carbonyl (C=O) groups is 4. The second kappa shape index (κ2) is 10.4. The van der Waals surface area contributed by atoms with Crippen LogP contribution in [-0.2, 0) is 20.8 Å². The molecule has 0 radical (unpaired) electrons. The van der Waals surface area contributed by atoms with Gasteiger partial charge in [0.15, 0.2) is 12.1 Å². The van der Waals surface area contributed by atoms with Crippen LogP contribution in [0.15, 0.2) is 36.8 Å². The highest BCUT2D eigenvalue weighted by Crippen LogP contribution is 2.08. The smallest absolute Gasteiger partial charge is 0.335 e. The maximum atomic E-state index is 11.8. The van der Waals surface area contributed by atoms with Crippen LogP contribution in [0.25, 0.3) is 0 Å². The number of carboxylic acids is 1. The summed E-state index contributed by atoms with van der Waals surface area (Å²) in [4.78, 5) is 47.9. The highest BCUT2D eigenvalue weighted by atomic mass is 16.4. The minimum Gasteiger partial charge on any atom is -0.478 e. The van der Waals surface area contributed by atoms with Gasteiger partial charge in [-0.1, -0.05) is 0 Å². The summed E-state index contributed by atoms with van der Waals surface area (Å²) in [6.45, 7) is 1.22. The maximum Gasteiger partial charge on any atom is 0.335 e. The van der Waals surface area contributed by atoms with E-state index in [1.54, 1.807) is 18.3 Å². The first-order valence-electron chi connectivity index (χ1n) is 7.41. The highest BCUT2D eigenvalue weighted by molar-refractivity contribution is 6.23. The summed E-state index contributed by atoms with van der Waals surface area (Å²) in [5, 5.41) is 8.77. The summed E-state index contributed by atoms with van der Waals surface area (Å²) in [6, 6.07) is 5.21. The third kappa shape index (κ3) is 7.36. The first-order chi connectivity index (χ1) is 12.3. The number of hydrogen-bond acceptors (Lipinski definition) is 7. The fourth-order valence-corrected chi connectivity index (χ4v) is 1.64. The molecule has 10 heteroatoms. The lowest BCUT2D eigenvalue weighted by atomic mass is 10.2. The first kappa shape index (κ1) is 20.5. The summed E-state index contributed by atoms with van der Waals surface area (Å²) in [7, 11) is 0. The number of anilines is 1. The molecule has 138 valence electrons. The van der Waals surface area contributed by atoms with E-state index in [9.17, 15) is 14.4 Å². The molecule has 1 aromatic heterocycles. The second-order valence-electron chi connectivity index (χ2n) is 5.10. The van der Waals surface area contributed by atoms with E-state index in [1.165, 1.54) is 25.4 Å². The van der Waals surface area contributed by atoms with Crippen molar-refractivity contribution < 1.29 is 24.3 Å². The number of ketones is 1. The van der Waals surface area contributed by atoms with Gasteiger partial charge in [-0.25, -0.2) is 9.78 Å². The Bertz CT molecular complexity index is 743. The molecule has 1 aromatic carbocycles. The molecular formula is C16H19N5O5. The molecule has 0 fully saturated rings. The Kier molecular flexibility index (Phi) is 8.17. The Labute approximate surface area is 148 Å². The van der Waals surface area contributed by atoms with Gasteiger partial charge >= 0.3 is 5.97 Å². The highest BCUT2D eigenvalue weighted by Gasteiger charge is 2.14. The molecule has 6 N–H and O–H groups in total. The molecular weight excluding hydrogens is 342 g/mol. The number of H-pyrrole nitrogens is 1. The predicted octanol–water partition coefficient (Wildman–Crippen LogP) is -0.105. The Balaban J connectivity index is 0.000000597. The number of carbonyl (C=O) groups excluding carboxylic acids is 3. The van der Waals surface area contributed by atoms with Crippen LogP contribution in [0.3, 0.4) is 0 Å². The minimum absolute atomic E-state index is 0.169. The number of Topliss-reactive ketones (excluding diaryl/α,β-unsaturated/α-hetero) is 1. The number of nitrogens with one attached hydrogen (secondary N) is 3. The average Bonchev–Trinajstić information content (AvgIpc) is 3.13. The van der Waals surface area contributed by atoms with E-state index >= 15 is 0 Å². The molecule has 2 rings (SSSR count). The first-order valence-corrected chi connectivity index (χ1v) is 7.41. The van der Waals surface area contributed by atoms with E-state index in [1.807, 2.05) is 0 Å². The van der Waals surface area contributed by atoms with E-state index in [4.69, 9.17) is 15.6 Å². The van der Waals surface area contributed by atoms with Crippen LogP contribution in [0.2, 0.25) is 0 Å². The van der Waals surface area contributed by atoms with Crippen molar-refractivity contribution >= 4 is 29.6 Å². The zero-order valence-corrected chi connectivity index (χ0v) is 13.9. The van der Waals surface area contributed by atoms with Gasteiger partial charge < -0.3 is 15.8 Å². The van der Waals surface area contributed by atoms with Crippen LogP contribution in [0, 0.1) is 0 Å². The Morgan fingerprint density at radius 2 is 1.92 bits per heavy atom. The van der Waals surface area contributed by atoms with Crippen molar-refractivity contribution in [2.75, 3.05) is 5.43 Å². The Morgan fingerprint density at radius 1 is 1.31 bits per heavy atom. The lowest BCUT2D eigenvalue weighted by Gasteiger charge is -2.13. The normalized spacial score (nSPS) is 10.7. The predicted molar refractivity (Wildman–Crippen MR) is 92.2 cm³/mol. The molecule has 0 saturated heterocycles. The molecule has 0 aliphatic rings. The Morgan fingerprint density at radius 3 is 2.38 bits per heavy atom. The van der Waals surface area contributed by atoms with Gasteiger partial charge in [0, 0.05) is 19.5 Å². The van der Waals surface area contributed by atoms with Gasteiger partial charge in [0.2, 0.25) is 0 Å². The number of carboxylic acid groups (broad SMARTS) is 1. The van der Waals surface area contributed by atoms with Crippen molar-refractivity contribution in [1.29, 1.82) is 0 Å². The number of aldehydes is 1. The van der Waals surface area contributed by atoms with Crippen molar-refractivity contribution in [1.82, 2.24) is 15.4 Å². The molecule has 1 atom stereocenters. The second-order valence-corrected chi connectivity index (χ2v) is 5.10. The zero-order valence-electron chi connectivity index (χ0n) is 13.9. The van der Waals surface area contributed by atoms with E-state index < -0.39 is 17.8 Å². The number of aromatic amines is 1. The van der Waals surface area contributed by atoms with Gasteiger partial charge in [-0.2, -0.15) is 0 Å². The van der Waals surface area contributed by atoms with Crippen molar-refractivity contribution in [2.24, 2.45) is 5.73 Å². The summed E-state index contributed by atoms with van der Waals surface area (Å²) < 4.78 is 0. The van der Waals surface area contributed by atoms with E-state index in [-0.39, 0.29) is 17.8 Å². The number of hydrazine groups is 1. The van der Waals surface area contributed by atoms with Gasteiger partial charge in [-0.3, -0.25) is 25.2 Å². The van der Waals surface area contributed by atoms with Crippen LogP contribution >= 0.6 is 0 Å². The molecule has 26 heavy (non-hydrogen) atoms. The van der Waals surface area contributed by atoms with Crippen molar-refractivity contribution in [2.45, 2.75) is 19.4 Å². The quantitative estimate of drug-likeness (QED) is 0.259. The third-order valence-corrected chi connectivity index (χ3v) is 2.95. The fourth-order valence-electron chi connectivity index (χ4n) is 1.64. The molecule has 0 bridgehead atoms. The van der Waals surface area contributed by atoms with E-state index in [0.717, 1.165) is 0 Å². The van der Waals surface area contributed by atoms with Crippen LogP contribution in [-0.4, -0.2) is 45.1 Å². The molecule has 10 nitrogen and oxygen atoms in total. The molecule has 1 heterocycles. The molecule has 2 aromatic rings. The number of aromatic carboxylic acids is 1. The van der Waals surface area contributed by atoms with Crippen LogP contribution in [0.5, 0.6) is 0 Å². The number of nitrogens with two attached hydrogens (primary N) is 1. The minimum atomic E-state index is -1.01. The number of amides is 1. The Hall–Kier alpha value is -3.53. The molecule has 0 unspecified atom stereocenters. The number of imidazole rings is 1. The SMILES string of the molecule is CC(=O)C=O.N[C@@H](Cc1c[nH]cn1)C(=O)NNc1ccc(C(=O)O)cc1. The van der Waals surface area contributed by atoms with Crippen LogP contribution in [0.1, 0.15) is 23.0 Å². The molecule has 1 amide bonds. The third-order valence-electron chi connectivity index (χ3n) is 2.95. The van der Waals surface area contributed by atoms with E-state index in [2.05, 4.69) is 20.8 Å². The summed E-state index contributed by atoms with van der Waals surface area (Å²) in [5.74, 6) is -1.82.